The minimum atomic E-state index is -3.24. The quantitative estimate of drug-likeness (QED) is 0.914. The van der Waals surface area contributed by atoms with Crippen LogP contribution in [-0.2, 0) is 22.8 Å². The van der Waals surface area contributed by atoms with Crippen molar-refractivity contribution in [1.82, 2.24) is 4.57 Å². The van der Waals surface area contributed by atoms with E-state index in [-0.39, 0.29) is 23.9 Å². The van der Waals surface area contributed by atoms with Gasteiger partial charge in [0, 0.05) is 24.3 Å². The number of hydrogen-bond donors (Lipinski definition) is 1. The SMILES string of the molecule is CC(C)(C)S(=O)(=O)CCn1c2c(ccc1=O)C(N)CCC2. The largest absolute Gasteiger partial charge is 0.324 e. The van der Waals surface area contributed by atoms with Crippen LogP contribution in [-0.4, -0.2) is 23.5 Å². The predicted molar refractivity (Wildman–Crippen MR) is 84.1 cm³/mol. The maximum atomic E-state index is 12.2. The third-order valence-electron chi connectivity index (χ3n) is 4.18. The fourth-order valence-electron chi connectivity index (χ4n) is 2.66. The average Bonchev–Trinajstić information content (AvgIpc) is 2.36. The van der Waals surface area contributed by atoms with E-state index in [0.717, 1.165) is 30.5 Å². The molecule has 0 amide bonds. The molecule has 1 heterocycles. The maximum absolute atomic E-state index is 12.2. The zero-order chi connectivity index (χ0) is 15.8. The topological polar surface area (TPSA) is 82.2 Å². The lowest BCUT2D eigenvalue weighted by Crippen LogP contribution is -2.35. The fraction of sp³-hybridized carbons (Fsp3) is 0.667. The van der Waals surface area contributed by atoms with Gasteiger partial charge in [-0.15, -0.1) is 0 Å². The van der Waals surface area contributed by atoms with Gasteiger partial charge in [-0.05, 0) is 45.6 Å². The fourth-order valence-corrected chi connectivity index (χ4v) is 3.70. The molecule has 0 saturated carbocycles. The number of nitrogens with two attached hydrogens (primary N) is 1. The number of nitrogens with zero attached hydrogens (tertiary/aromatic N) is 1. The summed E-state index contributed by atoms with van der Waals surface area (Å²) in [6, 6.07) is 3.23. The number of aromatic nitrogens is 1. The number of pyridine rings is 1. The van der Waals surface area contributed by atoms with Crippen LogP contribution in [0.1, 0.15) is 50.9 Å². The summed E-state index contributed by atoms with van der Waals surface area (Å²) in [5.41, 5.74) is 7.82. The van der Waals surface area contributed by atoms with Crippen molar-refractivity contribution in [3.63, 3.8) is 0 Å². The Morgan fingerprint density at radius 2 is 2.00 bits per heavy atom. The van der Waals surface area contributed by atoms with Crippen molar-refractivity contribution in [2.45, 2.75) is 57.4 Å². The third-order valence-corrected chi connectivity index (χ3v) is 6.76. The van der Waals surface area contributed by atoms with Crippen LogP contribution in [0.4, 0.5) is 0 Å². The average molecular weight is 312 g/mol. The lowest BCUT2D eigenvalue weighted by atomic mass is 9.91. The van der Waals surface area contributed by atoms with Gasteiger partial charge in [0.05, 0.1) is 10.5 Å². The second kappa shape index (κ2) is 5.57. The van der Waals surface area contributed by atoms with Gasteiger partial charge in [-0.3, -0.25) is 4.79 Å². The summed E-state index contributed by atoms with van der Waals surface area (Å²) in [6.07, 6.45) is 2.63. The second-order valence-corrected chi connectivity index (χ2v) is 9.52. The highest BCUT2D eigenvalue weighted by Gasteiger charge is 2.29. The van der Waals surface area contributed by atoms with Crippen molar-refractivity contribution < 1.29 is 8.42 Å². The zero-order valence-corrected chi connectivity index (χ0v) is 13.7. The Kier molecular flexibility index (Phi) is 4.31. The summed E-state index contributed by atoms with van der Waals surface area (Å²) in [7, 11) is -3.24. The molecule has 1 unspecified atom stereocenters. The minimum absolute atomic E-state index is 0.0257. The first-order valence-corrected chi connectivity index (χ1v) is 8.99. The second-order valence-electron chi connectivity index (χ2n) is 6.66. The van der Waals surface area contributed by atoms with Crippen LogP contribution in [0.5, 0.6) is 0 Å². The molecule has 0 spiro atoms. The van der Waals surface area contributed by atoms with Crippen LogP contribution in [0.2, 0.25) is 0 Å². The van der Waals surface area contributed by atoms with Crippen LogP contribution in [0.25, 0.3) is 0 Å². The van der Waals surface area contributed by atoms with E-state index in [0.29, 0.717) is 0 Å². The van der Waals surface area contributed by atoms with Crippen LogP contribution in [0.3, 0.4) is 0 Å². The van der Waals surface area contributed by atoms with Crippen LogP contribution in [0, 0.1) is 0 Å². The van der Waals surface area contributed by atoms with Crippen molar-refractivity contribution in [1.29, 1.82) is 0 Å². The van der Waals surface area contributed by atoms with Crippen molar-refractivity contribution in [3.8, 4) is 0 Å². The van der Waals surface area contributed by atoms with Gasteiger partial charge in [-0.25, -0.2) is 8.42 Å². The predicted octanol–water partition coefficient (Wildman–Crippen LogP) is 1.40. The van der Waals surface area contributed by atoms with Crippen molar-refractivity contribution >= 4 is 9.84 Å². The Hall–Kier alpha value is -1.14. The highest BCUT2D eigenvalue weighted by molar-refractivity contribution is 7.92. The van der Waals surface area contributed by atoms with E-state index in [1.165, 1.54) is 6.07 Å². The van der Waals surface area contributed by atoms with Gasteiger partial charge in [0.2, 0.25) is 0 Å². The summed E-state index contributed by atoms with van der Waals surface area (Å²) >= 11 is 0. The first-order valence-electron chi connectivity index (χ1n) is 7.34. The van der Waals surface area contributed by atoms with Crippen LogP contribution >= 0.6 is 0 Å². The zero-order valence-electron chi connectivity index (χ0n) is 12.9. The van der Waals surface area contributed by atoms with E-state index in [4.69, 9.17) is 5.73 Å². The molecule has 0 saturated heterocycles. The smallest absolute Gasteiger partial charge is 0.250 e. The molecule has 6 heteroatoms. The van der Waals surface area contributed by atoms with E-state index >= 15 is 0 Å². The molecule has 0 fully saturated rings. The van der Waals surface area contributed by atoms with Crippen molar-refractivity contribution in [3.05, 3.63) is 33.7 Å². The molecule has 118 valence electrons. The Morgan fingerprint density at radius 1 is 1.33 bits per heavy atom. The standard InChI is InChI=1S/C15H24N2O3S/c1-15(2,3)21(19,20)10-9-17-13-6-4-5-12(16)11(13)7-8-14(17)18/h7-8,12H,4-6,9-10,16H2,1-3H3. The highest BCUT2D eigenvalue weighted by atomic mass is 32.2. The maximum Gasteiger partial charge on any atom is 0.250 e. The van der Waals surface area contributed by atoms with Crippen molar-refractivity contribution in [2.75, 3.05) is 5.75 Å². The molecule has 1 aliphatic carbocycles. The Bertz CT molecular complexity index is 684. The molecule has 1 aromatic heterocycles. The van der Waals surface area contributed by atoms with Gasteiger partial charge in [0.25, 0.3) is 5.56 Å². The summed E-state index contributed by atoms with van der Waals surface area (Å²) < 4.78 is 25.2. The van der Waals surface area contributed by atoms with Gasteiger partial charge in [-0.1, -0.05) is 6.07 Å². The third kappa shape index (κ3) is 3.21. The van der Waals surface area contributed by atoms with E-state index in [2.05, 4.69) is 0 Å². The highest BCUT2D eigenvalue weighted by Crippen LogP contribution is 2.27. The molecule has 0 aromatic carbocycles. The lowest BCUT2D eigenvalue weighted by Gasteiger charge is -2.26. The molecule has 0 radical (unpaired) electrons. The molecule has 0 bridgehead atoms. The Balaban J connectivity index is 2.34. The monoisotopic (exact) mass is 312 g/mol. The summed E-state index contributed by atoms with van der Waals surface area (Å²) in [5.74, 6) is -0.0257. The molecule has 1 aromatic rings. The van der Waals surface area contributed by atoms with Crippen molar-refractivity contribution in [2.24, 2.45) is 5.73 Å². The van der Waals surface area contributed by atoms with E-state index < -0.39 is 14.6 Å². The van der Waals surface area contributed by atoms with Gasteiger partial charge in [0.15, 0.2) is 9.84 Å². The molecule has 2 rings (SSSR count). The summed E-state index contributed by atoms with van der Waals surface area (Å²) in [6.45, 7) is 5.25. The molecular formula is C15H24N2O3S. The number of fused-ring (bicyclic) bond motifs is 1. The van der Waals surface area contributed by atoms with Gasteiger partial charge in [0.1, 0.15) is 0 Å². The van der Waals surface area contributed by atoms with Gasteiger partial charge < -0.3 is 10.3 Å². The van der Waals surface area contributed by atoms with Crippen LogP contribution < -0.4 is 11.3 Å². The van der Waals surface area contributed by atoms with Gasteiger partial charge >= 0.3 is 0 Å². The van der Waals surface area contributed by atoms with Gasteiger partial charge in [-0.2, -0.15) is 0 Å². The normalized spacial score (nSPS) is 19.3. The van der Waals surface area contributed by atoms with E-state index in [9.17, 15) is 13.2 Å². The molecular weight excluding hydrogens is 288 g/mol. The first-order chi connectivity index (χ1) is 9.63. The molecule has 0 aliphatic heterocycles. The summed E-state index contributed by atoms with van der Waals surface area (Å²) in [5, 5.41) is 0. The van der Waals surface area contributed by atoms with E-state index in [1.54, 1.807) is 31.4 Å². The Labute approximate surface area is 126 Å². The van der Waals surface area contributed by atoms with E-state index in [1.807, 2.05) is 0 Å². The first kappa shape index (κ1) is 16.2. The minimum Gasteiger partial charge on any atom is -0.324 e. The molecule has 2 N–H and O–H groups in total. The molecule has 5 nitrogen and oxygen atoms in total. The van der Waals surface area contributed by atoms with Crippen LogP contribution in [0.15, 0.2) is 16.9 Å². The molecule has 1 aliphatic rings. The molecule has 21 heavy (non-hydrogen) atoms. The lowest BCUT2D eigenvalue weighted by molar-refractivity contribution is 0.518. The number of sulfone groups is 1. The summed E-state index contributed by atoms with van der Waals surface area (Å²) in [4.78, 5) is 12.1. The Morgan fingerprint density at radius 3 is 2.62 bits per heavy atom. The molecule has 1 atom stereocenters. The number of hydrogen-bond acceptors (Lipinski definition) is 4. The number of rotatable bonds is 3.